The van der Waals surface area contributed by atoms with Crippen LogP contribution in [0.2, 0.25) is 0 Å². The van der Waals surface area contributed by atoms with Crippen molar-refractivity contribution < 1.29 is 23.1 Å². The minimum Gasteiger partial charge on any atom is -0.480 e. The van der Waals surface area contributed by atoms with Crippen LogP contribution >= 0.6 is 11.3 Å². The number of benzene rings is 1. The van der Waals surface area contributed by atoms with Gasteiger partial charge in [0.05, 0.1) is 4.90 Å². The molecule has 3 rings (SSSR count). The zero-order valence-electron chi connectivity index (χ0n) is 20.8. The maximum atomic E-state index is 12.9. The molecule has 1 atom stereocenters. The first-order valence-electron chi connectivity index (χ1n) is 11.7. The molecule has 0 saturated heterocycles. The van der Waals surface area contributed by atoms with E-state index < -0.39 is 34.5 Å². The van der Waals surface area contributed by atoms with Crippen molar-refractivity contribution in [2.24, 2.45) is 0 Å². The van der Waals surface area contributed by atoms with Gasteiger partial charge in [-0.25, -0.2) is 13.4 Å². The average Bonchev–Trinajstić information content (AvgIpc) is 3.30. The maximum Gasteiger partial charge on any atom is 0.323 e. The average molecular weight is 547 g/mol. The molecule has 0 spiro atoms. The van der Waals surface area contributed by atoms with Gasteiger partial charge in [0.2, 0.25) is 15.0 Å². The zero-order valence-corrected chi connectivity index (χ0v) is 22.4. The van der Waals surface area contributed by atoms with Gasteiger partial charge in [0.15, 0.2) is 0 Å². The van der Waals surface area contributed by atoms with Gasteiger partial charge in [-0.1, -0.05) is 35.1 Å². The summed E-state index contributed by atoms with van der Waals surface area (Å²) in [5, 5.41) is 23.9. The van der Waals surface area contributed by atoms with Gasteiger partial charge in [0.25, 0.3) is 5.91 Å². The van der Waals surface area contributed by atoms with Crippen molar-refractivity contribution >= 4 is 39.1 Å². The first-order chi connectivity index (χ1) is 17.6. The SMILES string of the molecule is Cc1cc(C)c(S(=O)(=O)N[C@@H](CNC(=O)c2nnc(CCCCNc3ccccn3)s2)C(=O)O)c(C)c1. The number of carbonyl (C=O) groups excluding carboxylic acids is 1. The van der Waals surface area contributed by atoms with Crippen LogP contribution in [0.4, 0.5) is 5.82 Å². The number of aryl methyl sites for hydroxylation is 4. The smallest absolute Gasteiger partial charge is 0.323 e. The number of unbranched alkanes of at least 4 members (excludes halogenated alkanes) is 1. The van der Waals surface area contributed by atoms with Crippen molar-refractivity contribution in [2.75, 3.05) is 18.4 Å². The molecule has 0 fully saturated rings. The third-order valence-corrected chi connectivity index (χ3v) is 8.14. The van der Waals surface area contributed by atoms with Crippen LogP contribution in [-0.2, 0) is 21.2 Å². The second-order valence-corrected chi connectivity index (χ2v) is 11.3. The van der Waals surface area contributed by atoms with E-state index in [1.165, 1.54) is 0 Å². The fourth-order valence-electron chi connectivity index (χ4n) is 3.82. The lowest BCUT2D eigenvalue weighted by molar-refractivity contribution is -0.138. The Labute approximate surface area is 219 Å². The molecule has 0 aliphatic carbocycles. The molecule has 198 valence electrons. The molecule has 2 aromatic heterocycles. The molecule has 37 heavy (non-hydrogen) atoms. The van der Waals surface area contributed by atoms with Crippen LogP contribution in [0.1, 0.15) is 44.3 Å². The van der Waals surface area contributed by atoms with Gasteiger partial charge in [-0.15, -0.1) is 10.2 Å². The Bertz CT molecular complexity index is 1320. The zero-order chi connectivity index (χ0) is 27.0. The molecule has 0 saturated carbocycles. The Morgan fingerprint density at radius 1 is 1.08 bits per heavy atom. The molecule has 0 unspecified atom stereocenters. The number of pyridine rings is 1. The van der Waals surface area contributed by atoms with Crippen LogP contribution in [0, 0.1) is 20.8 Å². The molecule has 4 N–H and O–H groups in total. The summed E-state index contributed by atoms with van der Waals surface area (Å²) < 4.78 is 28.0. The number of carbonyl (C=O) groups is 2. The number of sulfonamides is 1. The van der Waals surface area contributed by atoms with Crippen molar-refractivity contribution in [3.8, 4) is 0 Å². The molecule has 3 aromatic rings. The first-order valence-corrected chi connectivity index (χ1v) is 13.9. The Morgan fingerprint density at radius 3 is 2.46 bits per heavy atom. The summed E-state index contributed by atoms with van der Waals surface area (Å²) in [4.78, 5) is 28.5. The third-order valence-electron chi connectivity index (χ3n) is 5.39. The number of amides is 1. The van der Waals surface area contributed by atoms with Crippen molar-refractivity contribution in [1.29, 1.82) is 0 Å². The molecule has 0 bridgehead atoms. The summed E-state index contributed by atoms with van der Waals surface area (Å²) in [5.41, 5.74) is 1.91. The lowest BCUT2D eigenvalue weighted by Gasteiger charge is -2.18. The minimum absolute atomic E-state index is 0.0275. The van der Waals surface area contributed by atoms with Gasteiger partial charge in [-0.2, -0.15) is 4.72 Å². The highest BCUT2D eigenvalue weighted by atomic mass is 32.2. The van der Waals surface area contributed by atoms with Gasteiger partial charge in [-0.05, 0) is 56.9 Å². The van der Waals surface area contributed by atoms with Crippen molar-refractivity contribution in [3.63, 3.8) is 0 Å². The van der Waals surface area contributed by atoms with Crippen molar-refractivity contribution in [3.05, 3.63) is 63.2 Å². The van der Waals surface area contributed by atoms with Crippen LogP contribution in [0.25, 0.3) is 0 Å². The first kappa shape index (κ1) is 28.2. The number of nitrogens with zero attached hydrogens (tertiary/aromatic N) is 3. The Kier molecular flexibility index (Phi) is 9.66. The number of carboxylic acids is 1. The van der Waals surface area contributed by atoms with Gasteiger partial charge < -0.3 is 15.7 Å². The van der Waals surface area contributed by atoms with E-state index in [2.05, 4.69) is 30.5 Å². The second-order valence-electron chi connectivity index (χ2n) is 8.55. The highest BCUT2D eigenvalue weighted by Gasteiger charge is 2.28. The van der Waals surface area contributed by atoms with Crippen LogP contribution in [0.15, 0.2) is 41.4 Å². The highest BCUT2D eigenvalue weighted by Crippen LogP contribution is 2.22. The lowest BCUT2D eigenvalue weighted by Crippen LogP contribution is -2.48. The normalized spacial score (nSPS) is 12.2. The van der Waals surface area contributed by atoms with E-state index in [0.29, 0.717) is 22.6 Å². The summed E-state index contributed by atoms with van der Waals surface area (Å²) in [7, 11) is -4.14. The van der Waals surface area contributed by atoms with Gasteiger partial charge in [0.1, 0.15) is 16.9 Å². The number of nitrogens with one attached hydrogen (secondary N) is 3. The fraction of sp³-hybridized carbons (Fsp3) is 0.375. The van der Waals surface area contributed by atoms with E-state index in [9.17, 15) is 23.1 Å². The molecule has 0 aliphatic rings. The maximum absolute atomic E-state index is 12.9. The monoisotopic (exact) mass is 546 g/mol. The molecule has 2 heterocycles. The van der Waals surface area contributed by atoms with Crippen molar-refractivity contribution in [1.82, 2.24) is 25.2 Å². The Hall–Kier alpha value is -3.42. The molecule has 1 amide bonds. The number of aliphatic carboxylic acids is 1. The van der Waals surface area contributed by atoms with Crippen molar-refractivity contribution in [2.45, 2.75) is 51.0 Å². The second kappa shape index (κ2) is 12.7. The Morgan fingerprint density at radius 2 is 1.81 bits per heavy atom. The predicted molar refractivity (Wildman–Crippen MR) is 140 cm³/mol. The highest BCUT2D eigenvalue weighted by molar-refractivity contribution is 7.89. The topological polar surface area (TPSA) is 163 Å². The molecular formula is C24H30N6O5S2. The van der Waals surface area contributed by atoms with E-state index in [1.54, 1.807) is 32.2 Å². The summed E-state index contributed by atoms with van der Waals surface area (Å²) in [6.45, 7) is 5.44. The van der Waals surface area contributed by atoms with E-state index in [4.69, 9.17) is 0 Å². The molecule has 11 nitrogen and oxygen atoms in total. The summed E-state index contributed by atoms with van der Waals surface area (Å²) in [6, 6.07) is 7.50. The van der Waals surface area contributed by atoms with Gasteiger partial charge >= 0.3 is 5.97 Å². The number of carboxylic acid groups (broad SMARTS) is 1. The number of rotatable bonds is 13. The molecule has 13 heteroatoms. The molecular weight excluding hydrogens is 516 g/mol. The van der Waals surface area contributed by atoms with Gasteiger partial charge in [-0.3, -0.25) is 9.59 Å². The van der Waals surface area contributed by atoms with Crippen LogP contribution in [0.3, 0.4) is 0 Å². The summed E-state index contributed by atoms with van der Waals surface area (Å²) in [5.74, 6) is -1.22. The largest absolute Gasteiger partial charge is 0.480 e. The predicted octanol–water partition coefficient (Wildman–Crippen LogP) is 2.45. The quantitative estimate of drug-likeness (QED) is 0.236. The number of aromatic nitrogens is 3. The fourth-order valence-corrected chi connectivity index (χ4v) is 6.26. The van der Waals surface area contributed by atoms with E-state index in [-0.39, 0.29) is 9.90 Å². The van der Waals surface area contributed by atoms with Crippen LogP contribution < -0.4 is 15.4 Å². The molecule has 0 radical (unpaired) electrons. The third kappa shape index (κ3) is 8.03. The van der Waals surface area contributed by atoms with Crippen LogP contribution in [-0.4, -0.2) is 59.7 Å². The number of anilines is 1. The lowest BCUT2D eigenvalue weighted by atomic mass is 10.1. The summed E-state index contributed by atoms with van der Waals surface area (Å²) in [6.07, 6.45) is 4.06. The van der Waals surface area contributed by atoms with E-state index in [1.807, 2.05) is 25.1 Å². The minimum atomic E-state index is -4.14. The molecule has 1 aromatic carbocycles. The van der Waals surface area contributed by atoms with Gasteiger partial charge in [0, 0.05) is 25.7 Å². The Balaban J connectivity index is 1.51. The number of hydrogen-bond acceptors (Lipinski definition) is 9. The standard InChI is InChI=1S/C24H30N6O5S2/c1-15-12-16(2)21(17(3)13-15)37(34,35)30-18(24(32)33)14-27-22(31)23-29-28-20(36-23)9-5-7-11-26-19-8-4-6-10-25-19/h4,6,8,10,12-13,18,30H,5,7,9,11,14H2,1-3H3,(H,25,26)(H,27,31)(H,32,33)/t18-/m0/s1. The van der Waals surface area contributed by atoms with Crippen LogP contribution in [0.5, 0.6) is 0 Å². The van der Waals surface area contributed by atoms with E-state index >= 15 is 0 Å². The molecule has 0 aliphatic heterocycles. The van der Waals surface area contributed by atoms with E-state index in [0.717, 1.165) is 42.1 Å². The summed E-state index contributed by atoms with van der Waals surface area (Å²) >= 11 is 1.12. The number of hydrogen-bond donors (Lipinski definition) is 4.